The molecule has 0 radical (unpaired) electrons. The summed E-state index contributed by atoms with van der Waals surface area (Å²) in [7, 11) is 2.22. The molecule has 1 saturated heterocycles. The molecule has 0 bridgehead atoms. The van der Waals surface area contributed by atoms with Gasteiger partial charge in [0.1, 0.15) is 0 Å². The van der Waals surface area contributed by atoms with Crippen molar-refractivity contribution < 1.29 is 0 Å². The molecule has 1 aliphatic heterocycles. The van der Waals surface area contributed by atoms with Gasteiger partial charge in [0.05, 0.1) is 0 Å². The lowest BCUT2D eigenvalue weighted by atomic mass is 10.1. The smallest absolute Gasteiger partial charge is 0.0483 e. The Kier molecular flexibility index (Phi) is 5.61. The SMILES string of the molecule is Cc1ccc(Cn2ccc3cc(CCCN4CCN(C)CC4)ccc32)cc1. The van der Waals surface area contributed by atoms with Crippen LogP contribution in [0.3, 0.4) is 0 Å². The van der Waals surface area contributed by atoms with E-state index < -0.39 is 0 Å². The molecule has 1 aliphatic rings. The molecule has 2 heterocycles. The molecule has 0 unspecified atom stereocenters. The van der Waals surface area contributed by atoms with Gasteiger partial charge in [0.2, 0.25) is 0 Å². The van der Waals surface area contributed by atoms with Crippen LogP contribution in [0, 0.1) is 6.92 Å². The van der Waals surface area contributed by atoms with E-state index in [2.05, 4.69) is 83.1 Å². The van der Waals surface area contributed by atoms with E-state index in [0.29, 0.717) is 0 Å². The van der Waals surface area contributed by atoms with Crippen molar-refractivity contribution in [3.05, 3.63) is 71.4 Å². The minimum atomic E-state index is 0.937. The summed E-state index contributed by atoms with van der Waals surface area (Å²) in [6.07, 6.45) is 4.64. The first-order chi connectivity index (χ1) is 13.2. The lowest BCUT2D eigenvalue weighted by molar-refractivity contribution is 0.153. The monoisotopic (exact) mass is 361 g/mol. The maximum atomic E-state index is 2.61. The minimum Gasteiger partial charge on any atom is -0.343 e. The van der Waals surface area contributed by atoms with Crippen molar-refractivity contribution in [2.45, 2.75) is 26.3 Å². The van der Waals surface area contributed by atoms with Gasteiger partial charge < -0.3 is 14.4 Å². The third-order valence-electron chi connectivity index (χ3n) is 5.84. The number of aryl methyl sites for hydroxylation is 2. The van der Waals surface area contributed by atoms with Crippen LogP contribution in [0.25, 0.3) is 10.9 Å². The Morgan fingerprint density at radius 3 is 2.37 bits per heavy atom. The number of rotatable bonds is 6. The molecular formula is C24H31N3. The van der Waals surface area contributed by atoms with Crippen LogP contribution in [0.15, 0.2) is 54.7 Å². The van der Waals surface area contributed by atoms with E-state index in [4.69, 9.17) is 0 Å². The number of hydrogen-bond donors (Lipinski definition) is 0. The zero-order chi connectivity index (χ0) is 18.6. The molecule has 3 aromatic rings. The number of benzene rings is 2. The van der Waals surface area contributed by atoms with Crippen molar-refractivity contribution in [1.82, 2.24) is 14.4 Å². The summed E-state index contributed by atoms with van der Waals surface area (Å²) < 4.78 is 2.36. The third-order valence-corrected chi connectivity index (χ3v) is 5.84. The predicted octanol–water partition coefficient (Wildman–Crippen LogP) is 4.18. The van der Waals surface area contributed by atoms with Gasteiger partial charge in [0.25, 0.3) is 0 Å². The van der Waals surface area contributed by atoms with E-state index in [-0.39, 0.29) is 0 Å². The first-order valence-electron chi connectivity index (χ1n) is 10.2. The second-order valence-corrected chi connectivity index (χ2v) is 8.07. The van der Waals surface area contributed by atoms with Crippen molar-refractivity contribution in [2.75, 3.05) is 39.8 Å². The summed E-state index contributed by atoms with van der Waals surface area (Å²) in [5, 5.41) is 1.36. The fourth-order valence-corrected chi connectivity index (χ4v) is 4.01. The van der Waals surface area contributed by atoms with E-state index in [0.717, 1.165) is 6.54 Å². The van der Waals surface area contributed by atoms with Crippen LogP contribution in [-0.2, 0) is 13.0 Å². The Bertz CT molecular complexity index is 870. The molecule has 0 atom stereocenters. The fourth-order valence-electron chi connectivity index (χ4n) is 4.01. The highest BCUT2D eigenvalue weighted by Crippen LogP contribution is 2.20. The first kappa shape index (κ1) is 18.3. The van der Waals surface area contributed by atoms with E-state index >= 15 is 0 Å². The summed E-state index contributed by atoms with van der Waals surface area (Å²) in [5.41, 5.74) is 5.47. The number of aromatic nitrogens is 1. The quantitative estimate of drug-likeness (QED) is 0.653. The molecule has 1 aromatic heterocycles. The van der Waals surface area contributed by atoms with Crippen molar-refractivity contribution in [3.63, 3.8) is 0 Å². The van der Waals surface area contributed by atoms with Crippen LogP contribution in [-0.4, -0.2) is 54.1 Å². The highest BCUT2D eigenvalue weighted by molar-refractivity contribution is 5.81. The van der Waals surface area contributed by atoms with Crippen molar-refractivity contribution in [3.8, 4) is 0 Å². The zero-order valence-corrected chi connectivity index (χ0v) is 16.7. The molecule has 3 nitrogen and oxygen atoms in total. The molecule has 0 spiro atoms. The average Bonchev–Trinajstić information content (AvgIpc) is 3.07. The van der Waals surface area contributed by atoms with Crippen molar-refractivity contribution in [2.24, 2.45) is 0 Å². The lowest BCUT2D eigenvalue weighted by Crippen LogP contribution is -2.44. The van der Waals surface area contributed by atoms with E-state index in [1.165, 1.54) is 73.2 Å². The van der Waals surface area contributed by atoms with Gasteiger partial charge in [-0.2, -0.15) is 0 Å². The number of likely N-dealkylation sites (N-methyl/N-ethyl adjacent to an activating group) is 1. The average molecular weight is 362 g/mol. The Morgan fingerprint density at radius 2 is 1.59 bits per heavy atom. The van der Waals surface area contributed by atoms with E-state index in [9.17, 15) is 0 Å². The van der Waals surface area contributed by atoms with Crippen LogP contribution in [0.5, 0.6) is 0 Å². The fraction of sp³-hybridized carbons (Fsp3) is 0.417. The van der Waals surface area contributed by atoms with Crippen LogP contribution in [0.2, 0.25) is 0 Å². The van der Waals surface area contributed by atoms with Gasteiger partial charge >= 0.3 is 0 Å². The minimum absolute atomic E-state index is 0.937. The van der Waals surface area contributed by atoms with Crippen molar-refractivity contribution in [1.29, 1.82) is 0 Å². The van der Waals surface area contributed by atoms with Crippen LogP contribution < -0.4 is 0 Å². The summed E-state index contributed by atoms with van der Waals surface area (Å²) >= 11 is 0. The summed E-state index contributed by atoms with van der Waals surface area (Å²) in [5.74, 6) is 0. The second-order valence-electron chi connectivity index (χ2n) is 8.07. The largest absolute Gasteiger partial charge is 0.343 e. The van der Waals surface area contributed by atoms with Crippen LogP contribution in [0.1, 0.15) is 23.1 Å². The van der Waals surface area contributed by atoms with Gasteiger partial charge in [-0.3, -0.25) is 0 Å². The van der Waals surface area contributed by atoms with Gasteiger partial charge in [-0.25, -0.2) is 0 Å². The number of nitrogens with zero attached hydrogens (tertiary/aromatic N) is 3. The standard InChI is InChI=1S/C24H31N3/c1-20-5-7-22(8-6-20)19-27-13-11-23-18-21(9-10-24(23)27)4-3-12-26-16-14-25(2)15-17-26/h5-11,13,18H,3-4,12,14-17,19H2,1-2H3. The molecule has 0 amide bonds. The molecule has 2 aromatic carbocycles. The molecule has 0 aliphatic carbocycles. The van der Waals surface area contributed by atoms with Crippen LogP contribution >= 0.6 is 0 Å². The second kappa shape index (κ2) is 8.28. The molecule has 27 heavy (non-hydrogen) atoms. The number of hydrogen-bond acceptors (Lipinski definition) is 2. The molecule has 1 fully saturated rings. The first-order valence-corrected chi connectivity index (χ1v) is 10.2. The van der Waals surface area contributed by atoms with Crippen LogP contribution in [0.4, 0.5) is 0 Å². The van der Waals surface area contributed by atoms with Gasteiger partial charge in [0.15, 0.2) is 0 Å². The maximum absolute atomic E-state index is 2.61. The van der Waals surface area contributed by atoms with Crippen molar-refractivity contribution >= 4 is 10.9 Å². The summed E-state index contributed by atoms with van der Waals surface area (Å²) in [4.78, 5) is 5.03. The Hall–Kier alpha value is -2.10. The van der Waals surface area contributed by atoms with Gasteiger partial charge in [-0.05, 0) is 68.1 Å². The van der Waals surface area contributed by atoms with Gasteiger partial charge in [0, 0.05) is 44.4 Å². The van der Waals surface area contributed by atoms with Gasteiger partial charge in [-0.15, -0.1) is 0 Å². The predicted molar refractivity (Wildman–Crippen MR) is 114 cm³/mol. The lowest BCUT2D eigenvalue weighted by Gasteiger charge is -2.32. The summed E-state index contributed by atoms with van der Waals surface area (Å²) in [6.45, 7) is 9.16. The molecule has 0 saturated carbocycles. The third kappa shape index (κ3) is 4.60. The molecule has 4 rings (SSSR count). The highest BCUT2D eigenvalue weighted by atomic mass is 15.2. The van der Waals surface area contributed by atoms with Gasteiger partial charge in [-0.1, -0.05) is 35.9 Å². The molecule has 0 N–H and O–H groups in total. The zero-order valence-electron chi connectivity index (χ0n) is 16.7. The summed E-state index contributed by atoms with van der Waals surface area (Å²) in [6, 6.07) is 18.1. The van der Waals surface area contributed by atoms with E-state index in [1.54, 1.807) is 0 Å². The molecular weight excluding hydrogens is 330 g/mol. The highest BCUT2D eigenvalue weighted by Gasteiger charge is 2.13. The number of piperazine rings is 1. The normalized spacial score (nSPS) is 16.2. The Labute approximate surface area is 163 Å². The molecule has 142 valence electrons. The van der Waals surface area contributed by atoms with E-state index in [1.807, 2.05) is 0 Å². The molecule has 3 heteroatoms. The Morgan fingerprint density at radius 1 is 0.852 bits per heavy atom. The maximum Gasteiger partial charge on any atom is 0.0483 e. The number of fused-ring (bicyclic) bond motifs is 1. The topological polar surface area (TPSA) is 11.4 Å². The Balaban J connectivity index is 1.36.